The Labute approximate surface area is 110 Å². The highest BCUT2D eigenvalue weighted by atomic mass is 16.5. The van der Waals surface area contributed by atoms with Gasteiger partial charge in [-0.25, -0.2) is 0 Å². The number of Topliss-reactive ketones (excluding diaryl/α,β-unsaturated/α-hetero) is 1. The summed E-state index contributed by atoms with van der Waals surface area (Å²) >= 11 is 0. The van der Waals surface area contributed by atoms with Crippen molar-refractivity contribution in [2.24, 2.45) is 5.11 Å². The number of hydrogen-bond acceptors (Lipinski definition) is 4. The van der Waals surface area contributed by atoms with Gasteiger partial charge in [0.2, 0.25) is 0 Å². The highest BCUT2D eigenvalue weighted by molar-refractivity contribution is 6.07. The van der Waals surface area contributed by atoms with Crippen LogP contribution in [0.5, 0.6) is 5.75 Å². The van der Waals surface area contributed by atoms with Gasteiger partial charge in [0.05, 0.1) is 11.7 Å². The van der Waals surface area contributed by atoms with Gasteiger partial charge in [-0.05, 0) is 31.0 Å². The molecule has 1 aromatic carbocycles. The van der Waals surface area contributed by atoms with Gasteiger partial charge in [0.1, 0.15) is 12.4 Å². The number of aryl methyl sites for hydroxylation is 1. The summed E-state index contributed by atoms with van der Waals surface area (Å²) in [5.41, 5.74) is 8.38. The zero-order valence-corrected chi connectivity index (χ0v) is 10.8. The lowest BCUT2D eigenvalue weighted by Gasteiger charge is -2.35. The maximum absolute atomic E-state index is 12.6. The standard InChI is InChI=1S/C13H15N3O3/c1-3-11(17)13(15-16-14)7-19-10-5-4-8(2)6-9(10)12(13)18/h4-6,11,17H,3,7H2,1-2H3/t11-,13-/m1/s1. The van der Waals surface area contributed by atoms with Crippen molar-refractivity contribution in [3.8, 4) is 5.75 Å². The number of benzene rings is 1. The monoisotopic (exact) mass is 261 g/mol. The molecule has 0 amide bonds. The molecule has 0 aromatic heterocycles. The summed E-state index contributed by atoms with van der Waals surface area (Å²) in [4.78, 5) is 15.3. The van der Waals surface area contributed by atoms with Crippen LogP contribution in [0.1, 0.15) is 29.3 Å². The average Bonchev–Trinajstić information content (AvgIpc) is 2.42. The number of fused-ring (bicyclic) bond motifs is 1. The van der Waals surface area contributed by atoms with Crippen LogP contribution in [-0.2, 0) is 0 Å². The molecule has 0 spiro atoms. The van der Waals surface area contributed by atoms with Crippen LogP contribution in [0.3, 0.4) is 0 Å². The summed E-state index contributed by atoms with van der Waals surface area (Å²) in [6.07, 6.45) is -0.764. The van der Waals surface area contributed by atoms with E-state index < -0.39 is 11.6 Å². The van der Waals surface area contributed by atoms with Gasteiger partial charge in [-0.1, -0.05) is 23.7 Å². The van der Waals surface area contributed by atoms with E-state index in [2.05, 4.69) is 10.0 Å². The Morgan fingerprint density at radius 3 is 3.00 bits per heavy atom. The van der Waals surface area contributed by atoms with Crippen molar-refractivity contribution in [3.05, 3.63) is 39.8 Å². The van der Waals surface area contributed by atoms with Gasteiger partial charge in [-0.15, -0.1) is 0 Å². The molecule has 0 unspecified atom stereocenters. The van der Waals surface area contributed by atoms with Gasteiger partial charge >= 0.3 is 0 Å². The van der Waals surface area contributed by atoms with E-state index >= 15 is 0 Å². The number of aliphatic hydroxyl groups is 1. The van der Waals surface area contributed by atoms with Gasteiger partial charge < -0.3 is 9.84 Å². The van der Waals surface area contributed by atoms with Gasteiger partial charge in [-0.3, -0.25) is 4.79 Å². The Bertz CT molecular complexity index is 566. The topological polar surface area (TPSA) is 95.3 Å². The third kappa shape index (κ3) is 2.05. The predicted octanol–water partition coefficient (Wildman–Crippen LogP) is 2.39. The van der Waals surface area contributed by atoms with Gasteiger partial charge in [0.25, 0.3) is 0 Å². The van der Waals surface area contributed by atoms with Gasteiger partial charge in [0.15, 0.2) is 11.3 Å². The van der Waals surface area contributed by atoms with Gasteiger partial charge in [-0.2, -0.15) is 0 Å². The SMILES string of the molecule is CC[C@@H](O)[C@]1(N=[N+]=[N-])COc2ccc(C)cc2C1=O. The molecule has 1 aliphatic rings. The van der Waals surface area contributed by atoms with Crippen molar-refractivity contribution < 1.29 is 14.6 Å². The highest BCUT2D eigenvalue weighted by Crippen LogP contribution is 2.35. The molecule has 1 heterocycles. The quantitative estimate of drug-likeness (QED) is 0.514. The number of hydrogen-bond donors (Lipinski definition) is 1. The molecule has 100 valence electrons. The molecule has 2 rings (SSSR count). The van der Waals surface area contributed by atoms with Crippen molar-refractivity contribution in [3.63, 3.8) is 0 Å². The second-order valence-electron chi connectivity index (χ2n) is 4.66. The summed E-state index contributed by atoms with van der Waals surface area (Å²) in [6.45, 7) is 3.44. The Kier molecular flexibility index (Phi) is 3.46. The smallest absolute Gasteiger partial charge is 0.184 e. The van der Waals surface area contributed by atoms with Crippen molar-refractivity contribution in [2.45, 2.75) is 31.9 Å². The molecule has 0 saturated carbocycles. The van der Waals surface area contributed by atoms with E-state index in [0.29, 0.717) is 17.7 Å². The first-order chi connectivity index (χ1) is 9.05. The molecular formula is C13H15N3O3. The fourth-order valence-electron chi connectivity index (χ4n) is 2.24. The molecule has 0 saturated heterocycles. The molecule has 6 heteroatoms. The van der Waals surface area contributed by atoms with Crippen molar-refractivity contribution in [1.29, 1.82) is 0 Å². The minimum atomic E-state index is -1.57. The van der Waals surface area contributed by atoms with Crippen LogP contribution < -0.4 is 4.74 Å². The lowest BCUT2D eigenvalue weighted by atomic mass is 9.82. The first-order valence-corrected chi connectivity index (χ1v) is 6.07. The number of aliphatic hydroxyl groups excluding tert-OH is 1. The number of azide groups is 1. The largest absolute Gasteiger partial charge is 0.492 e. The molecule has 0 fully saturated rings. The number of nitrogens with zero attached hydrogens (tertiary/aromatic N) is 3. The summed E-state index contributed by atoms with van der Waals surface area (Å²) in [5.74, 6) is 0.0762. The second-order valence-corrected chi connectivity index (χ2v) is 4.66. The van der Waals surface area contributed by atoms with E-state index in [1.165, 1.54) is 0 Å². The molecular weight excluding hydrogens is 246 g/mol. The molecule has 0 radical (unpaired) electrons. The van der Waals surface area contributed by atoms with Crippen LogP contribution in [0, 0.1) is 6.92 Å². The fraction of sp³-hybridized carbons (Fsp3) is 0.462. The summed E-state index contributed by atoms with van der Waals surface area (Å²) in [7, 11) is 0. The number of ketones is 1. The van der Waals surface area contributed by atoms with Crippen molar-refractivity contribution in [1.82, 2.24) is 0 Å². The molecule has 6 nitrogen and oxygen atoms in total. The minimum absolute atomic E-state index is 0.138. The summed E-state index contributed by atoms with van der Waals surface area (Å²) < 4.78 is 5.49. The normalized spacial score (nSPS) is 23.0. The molecule has 2 atom stereocenters. The molecule has 1 aliphatic heterocycles. The first kappa shape index (κ1) is 13.4. The van der Waals surface area contributed by atoms with E-state index in [-0.39, 0.29) is 12.4 Å². The lowest BCUT2D eigenvalue weighted by molar-refractivity contribution is 0.0332. The predicted molar refractivity (Wildman–Crippen MR) is 69.2 cm³/mol. The second kappa shape index (κ2) is 4.91. The van der Waals surface area contributed by atoms with Crippen LogP contribution in [-0.4, -0.2) is 29.1 Å². The van der Waals surface area contributed by atoms with E-state index in [1.807, 2.05) is 13.0 Å². The molecule has 0 bridgehead atoms. The number of rotatable bonds is 3. The molecule has 1 N–H and O–H groups in total. The Balaban J connectivity index is 2.56. The number of carbonyl (C=O) groups is 1. The third-order valence-electron chi connectivity index (χ3n) is 3.38. The van der Waals surface area contributed by atoms with Gasteiger partial charge in [0, 0.05) is 4.91 Å². The zero-order valence-electron chi connectivity index (χ0n) is 10.8. The van der Waals surface area contributed by atoms with E-state index in [0.717, 1.165) is 5.56 Å². The van der Waals surface area contributed by atoms with E-state index in [1.54, 1.807) is 19.1 Å². The minimum Gasteiger partial charge on any atom is -0.492 e. The fourth-order valence-corrected chi connectivity index (χ4v) is 2.24. The first-order valence-electron chi connectivity index (χ1n) is 6.07. The van der Waals surface area contributed by atoms with Crippen LogP contribution in [0.2, 0.25) is 0 Å². The highest BCUT2D eigenvalue weighted by Gasteiger charge is 2.48. The zero-order chi connectivity index (χ0) is 14.0. The maximum atomic E-state index is 12.6. The maximum Gasteiger partial charge on any atom is 0.184 e. The van der Waals surface area contributed by atoms with Crippen LogP contribution in [0.25, 0.3) is 10.4 Å². The lowest BCUT2D eigenvalue weighted by Crippen LogP contribution is -2.54. The molecule has 19 heavy (non-hydrogen) atoms. The number of carbonyl (C=O) groups excluding carboxylic acids is 1. The average molecular weight is 261 g/mol. The van der Waals surface area contributed by atoms with E-state index in [4.69, 9.17) is 10.3 Å². The van der Waals surface area contributed by atoms with Crippen LogP contribution >= 0.6 is 0 Å². The Morgan fingerprint density at radius 1 is 1.63 bits per heavy atom. The van der Waals surface area contributed by atoms with Crippen LogP contribution in [0.4, 0.5) is 0 Å². The summed E-state index contributed by atoms with van der Waals surface area (Å²) in [6, 6.07) is 5.23. The Hall–Kier alpha value is -2.04. The van der Waals surface area contributed by atoms with Crippen molar-refractivity contribution >= 4 is 5.78 Å². The van der Waals surface area contributed by atoms with Crippen molar-refractivity contribution in [2.75, 3.05) is 6.61 Å². The number of ether oxygens (including phenoxy) is 1. The molecule has 1 aromatic rings. The van der Waals surface area contributed by atoms with Crippen LogP contribution in [0.15, 0.2) is 23.3 Å². The molecule has 0 aliphatic carbocycles. The summed E-state index contributed by atoms with van der Waals surface area (Å²) in [5, 5.41) is 13.6. The van der Waals surface area contributed by atoms with E-state index in [9.17, 15) is 9.90 Å². The third-order valence-corrected chi connectivity index (χ3v) is 3.38. The Morgan fingerprint density at radius 2 is 2.37 bits per heavy atom.